The summed E-state index contributed by atoms with van der Waals surface area (Å²) in [5.41, 5.74) is 0. The van der Waals surface area contributed by atoms with Gasteiger partial charge in [-0.3, -0.25) is 0 Å². The first-order chi connectivity index (χ1) is 11.4. The highest BCUT2D eigenvalue weighted by Gasteiger charge is 1.94. The molecule has 0 N–H and O–H groups in total. The second-order valence-electron chi connectivity index (χ2n) is 5.41. The third kappa shape index (κ3) is 21.8. The van der Waals surface area contributed by atoms with Crippen molar-refractivity contribution in [2.45, 2.75) is 52.4 Å². The molecule has 139 valence electrons. The topological polar surface area (TPSA) is 51.0 Å². The maximum Gasteiger partial charge on any atom is 0.0487 e. The van der Waals surface area contributed by atoms with Gasteiger partial charge in [-0.15, -0.1) is 0 Å². The second kappa shape index (κ2) is 21.8. The van der Waals surface area contributed by atoms with Crippen LogP contribution in [0.5, 0.6) is 0 Å². The van der Waals surface area contributed by atoms with E-state index < -0.39 is 0 Å². The van der Waals surface area contributed by atoms with Gasteiger partial charge in [-0.2, -0.15) is 0 Å². The molecule has 0 rings (SSSR count). The average Bonchev–Trinajstić information content (AvgIpc) is 2.57. The summed E-state index contributed by atoms with van der Waals surface area (Å²) in [5.74, 6) is 0. The molecule has 0 saturated carbocycles. The first-order valence-corrected chi connectivity index (χ1v) is 9.36. The summed E-state index contributed by atoms with van der Waals surface area (Å²) in [6.45, 7) is 12.4. The molecule has 0 spiro atoms. The van der Waals surface area contributed by atoms with Crippen LogP contribution in [0.25, 0.3) is 0 Å². The van der Waals surface area contributed by atoms with E-state index in [1.54, 1.807) is 0 Å². The lowest BCUT2D eigenvalue weighted by Gasteiger charge is -2.06. The Kier molecular flexibility index (Phi) is 21.6. The van der Waals surface area contributed by atoms with Gasteiger partial charge in [0.2, 0.25) is 0 Å². The second-order valence-corrected chi connectivity index (χ2v) is 5.41. The Morgan fingerprint density at radius 1 is 0.478 bits per heavy atom. The standard InChI is InChI=1S/C18H38NO4/c1-3-20-15-9-17-22-13-7-5-11-19-12-6-8-14-23-18-10-16-21-4-2/h3-18H2,1-2H3. The fraction of sp³-hybridized carbons (Fsp3) is 1.00. The number of hydrogen-bond acceptors (Lipinski definition) is 4. The van der Waals surface area contributed by atoms with Crippen LogP contribution in [0, 0.1) is 0 Å². The Morgan fingerprint density at radius 2 is 0.870 bits per heavy atom. The maximum atomic E-state index is 5.54. The van der Waals surface area contributed by atoms with Gasteiger partial charge in [-0.05, 0) is 52.4 Å². The molecule has 1 radical (unpaired) electrons. The van der Waals surface area contributed by atoms with Gasteiger partial charge in [-0.25, -0.2) is 5.32 Å². The summed E-state index contributed by atoms with van der Waals surface area (Å²) >= 11 is 0. The summed E-state index contributed by atoms with van der Waals surface area (Å²) < 4.78 is 21.6. The minimum absolute atomic E-state index is 0.793. The molecule has 0 aromatic rings. The lowest BCUT2D eigenvalue weighted by Crippen LogP contribution is -2.11. The van der Waals surface area contributed by atoms with Crippen molar-refractivity contribution in [1.29, 1.82) is 0 Å². The van der Waals surface area contributed by atoms with Crippen LogP contribution in [-0.4, -0.2) is 65.9 Å². The van der Waals surface area contributed by atoms with Crippen molar-refractivity contribution < 1.29 is 18.9 Å². The van der Waals surface area contributed by atoms with E-state index in [-0.39, 0.29) is 0 Å². The molecule has 0 heterocycles. The van der Waals surface area contributed by atoms with Gasteiger partial charge in [0.05, 0.1) is 0 Å². The van der Waals surface area contributed by atoms with Crippen molar-refractivity contribution >= 4 is 0 Å². The van der Waals surface area contributed by atoms with Crippen LogP contribution in [0.15, 0.2) is 0 Å². The molecular formula is C18H38NO4. The summed E-state index contributed by atoms with van der Waals surface area (Å²) in [4.78, 5) is 0. The van der Waals surface area contributed by atoms with Crippen LogP contribution >= 0.6 is 0 Å². The van der Waals surface area contributed by atoms with Crippen molar-refractivity contribution in [3.63, 3.8) is 0 Å². The first-order valence-electron chi connectivity index (χ1n) is 9.36. The highest BCUT2D eigenvalue weighted by molar-refractivity contribution is 4.49. The van der Waals surface area contributed by atoms with Gasteiger partial charge in [-0.1, -0.05) is 0 Å². The first kappa shape index (κ1) is 22.8. The van der Waals surface area contributed by atoms with Crippen LogP contribution < -0.4 is 5.32 Å². The third-order valence-corrected chi connectivity index (χ3v) is 3.27. The van der Waals surface area contributed by atoms with Crippen LogP contribution in [0.1, 0.15) is 52.4 Å². The maximum absolute atomic E-state index is 5.54. The largest absolute Gasteiger partial charge is 0.382 e. The number of unbranched alkanes of at least 4 members (excludes halogenated alkanes) is 2. The Morgan fingerprint density at radius 3 is 1.30 bits per heavy atom. The lowest BCUT2D eigenvalue weighted by molar-refractivity contribution is 0.0858. The highest BCUT2D eigenvalue weighted by Crippen LogP contribution is 1.94. The summed E-state index contributed by atoms with van der Waals surface area (Å²) in [5, 5.41) is 4.54. The van der Waals surface area contributed by atoms with E-state index in [4.69, 9.17) is 18.9 Å². The SMILES string of the molecule is CCOCCCOCCCC[N]CCCCOCCCOCC. The van der Waals surface area contributed by atoms with Gasteiger partial charge in [0.25, 0.3) is 0 Å². The van der Waals surface area contributed by atoms with Crippen molar-refractivity contribution in [3.8, 4) is 0 Å². The van der Waals surface area contributed by atoms with Gasteiger partial charge in [0, 0.05) is 65.9 Å². The molecular weight excluding hydrogens is 294 g/mol. The highest BCUT2D eigenvalue weighted by atomic mass is 16.5. The number of nitrogens with zero attached hydrogens (tertiary/aromatic N) is 1. The molecule has 5 nitrogen and oxygen atoms in total. The Hall–Kier alpha value is -0.200. The van der Waals surface area contributed by atoms with Crippen LogP contribution in [0.3, 0.4) is 0 Å². The van der Waals surface area contributed by atoms with E-state index in [1.807, 2.05) is 13.8 Å². The zero-order valence-corrected chi connectivity index (χ0v) is 15.4. The molecule has 0 aromatic heterocycles. The number of rotatable bonds is 20. The minimum atomic E-state index is 0.793. The molecule has 23 heavy (non-hydrogen) atoms. The van der Waals surface area contributed by atoms with Crippen LogP contribution in [0.2, 0.25) is 0 Å². The normalized spacial score (nSPS) is 11.2. The molecule has 0 saturated heterocycles. The van der Waals surface area contributed by atoms with Gasteiger partial charge >= 0.3 is 0 Å². The molecule has 0 aliphatic carbocycles. The zero-order valence-electron chi connectivity index (χ0n) is 15.4. The molecule has 0 aliphatic rings. The fourth-order valence-electron chi connectivity index (χ4n) is 1.99. The predicted molar refractivity (Wildman–Crippen MR) is 94.2 cm³/mol. The van der Waals surface area contributed by atoms with Crippen molar-refractivity contribution in [2.24, 2.45) is 0 Å². The summed E-state index contributed by atoms with van der Waals surface area (Å²) in [6.07, 6.45) is 6.43. The molecule has 5 heteroatoms. The van der Waals surface area contributed by atoms with Gasteiger partial charge < -0.3 is 18.9 Å². The molecule has 0 aromatic carbocycles. The van der Waals surface area contributed by atoms with Crippen molar-refractivity contribution in [3.05, 3.63) is 0 Å². The van der Waals surface area contributed by atoms with Gasteiger partial charge in [0.1, 0.15) is 0 Å². The van der Waals surface area contributed by atoms with Crippen molar-refractivity contribution in [1.82, 2.24) is 5.32 Å². The van der Waals surface area contributed by atoms with E-state index >= 15 is 0 Å². The molecule has 0 unspecified atom stereocenters. The van der Waals surface area contributed by atoms with E-state index in [1.165, 1.54) is 0 Å². The minimum Gasteiger partial charge on any atom is -0.382 e. The summed E-state index contributed by atoms with van der Waals surface area (Å²) in [6, 6.07) is 0. The quantitative estimate of drug-likeness (QED) is 0.322. The third-order valence-electron chi connectivity index (χ3n) is 3.27. The van der Waals surface area contributed by atoms with E-state index in [9.17, 15) is 0 Å². The summed E-state index contributed by atoms with van der Waals surface area (Å²) in [7, 11) is 0. The molecule has 0 amide bonds. The molecule has 0 bridgehead atoms. The Balaban J connectivity index is 2.92. The van der Waals surface area contributed by atoms with Crippen LogP contribution in [0.4, 0.5) is 0 Å². The van der Waals surface area contributed by atoms with Crippen LogP contribution in [-0.2, 0) is 18.9 Å². The molecule has 0 fully saturated rings. The average molecular weight is 333 g/mol. The zero-order chi connectivity index (χ0) is 16.8. The predicted octanol–water partition coefficient (Wildman–Crippen LogP) is 3.04. The Labute approximate surface area is 143 Å². The Bertz CT molecular complexity index is 185. The van der Waals surface area contributed by atoms with E-state index in [0.717, 1.165) is 104 Å². The van der Waals surface area contributed by atoms with E-state index in [0.29, 0.717) is 0 Å². The molecule has 0 aliphatic heterocycles. The molecule has 0 atom stereocenters. The van der Waals surface area contributed by atoms with E-state index in [2.05, 4.69) is 5.32 Å². The van der Waals surface area contributed by atoms with Crippen molar-refractivity contribution in [2.75, 3.05) is 65.9 Å². The number of ether oxygens (including phenoxy) is 4. The monoisotopic (exact) mass is 332 g/mol. The lowest BCUT2D eigenvalue weighted by atomic mass is 10.3. The fourth-order valence-corrected chi connectivity index (χ4v) is 1.99. The van der Waals surface area contributed by atoms with Gasteiger partial charge in [0.15, 0.2) is 0 Å². The smallest absolute Gasteiger partial charge is 0.0487 e. The number of hydrogen-bond donors (Lipinski definition) is 0.